The van der Waals surface area contributed by atoms with E-state index in [0.29, 0.717) is 17.7 Å². The Labute approximate surface area is 189 Å². The Bertz CT molecular complexity index is 942. The monoisotopic (exact) mass is 469 g/mol. The van der Waals surface area contributed by atoms with Gasteiger partial charge < -0.3 is 26.4 Å². The van der Waals surface area contributed by atoms with Gasteiger partial charge in [-0.25, -0.2) is 4.99 Å². The number of amides is 1. The van der Waals surface area contributed by atoms with Gasteiger partial charge in [-0.1, -0.05) is 0 Å². The SMILES string of the molecule is CC(NC/C(C=[NH+]Cc1ccc(C(F)(F)F)nc1)=C/N)N/C(CO)=C1/NC(=O)CN(C)C1=N. The summed E-state index contributed by atoms with van der Waals surface area (Å²) in [6.07, 6.45) is -0.694. The summed E-state index contributed by atoms with van der Waals surface area (Å²) in [6, 6.07) is 2.26. The molecule has 0 bridgehead atoms. The molecule has 1 aromatic heterocycles. The summed E-state index contributed by atoms with van der Waals surface area (Å²) in [5, 5.41) is 26.5. The molecule has 2 rings (SSSR count). The van der Waals surface area contributed by atoms with Gasteiger partial charge in [0.2, 0.25) is 5.91 Å². The van der Waals surface area contributed by atoms with E-state index in [1.807, 2.05) is 0 Å². The molecule has 1 unspecified atom stereocenters. The van der Waals surface area contributed by atoms with Crippen LogP contribution in [0.15, 0.2) is 41.5 Å². The van der Waals surface area contributed by atoms with Crippen molar-refractivity contribution in [1.82, 2.24) is 25.8 Å². The lowest BCUT2D eigenvalue weighted by atomic mass is 10.2. The molecule has 1 saturated heterocycles. The molecule has 1 aliphatic heterocycles. The molecule has 0 aromatic carbocycles. The third kappa shape index (κ3) is 7.57. The molecular weight excluding hydrogens is 441 g/mol. The van der Waals surface area contributed by atoms with Crippen LogP contribution in [0, 0.1) is 5.41 Å². The molecule has 10 nitrogen and oxygen atoms in total. The zero-order chi connectivity index (χ0) is 24.6. The van der Waals surface area contributed by atoms with E-state index in [0.717, 1.165) is 12.3 Å². The lowest BCUT2D eigenvalue weighted by Gasteiger charge is -2.30. The summed E-state index contributed by atoms with van der Waals surface area (Å²) in [7, 11) is 1.61. The second-order valence-corrected chi connectivity index (χ2v) is 7.33. The quantitative estimate of drug-likeness (QED) is 0.169. The molecule has 0 radical (unpaired) electrons. The molecule has 1 amide bonds. The first-order chi connectivity index (χ1) is 15.5. The van der Waals surface area contributed by atoms with Crippen molar-refractivity contribution in [1.29, 1.82) is 5.41 Å². The average Bonchev–Trinajstić information content (AvgIpc) is 2.76. The molecular formula is C20H28F3N8O2+. The number of hydrogen-bond donors (Lipinski definition) is 7. The fourth-order valence-electron chi connectivity index (χ4n) is 2.88. The number of carbonyl (C=O) groups excluding carboxylic acids is 1. The number of likely N-dealkylation sites (N-methyl/N-ethyl adjacent to an activating group) is 1. The first-order valence-corrected chi connectivity index (χ1v) is 9.98. The summed E-state index contributed by atoms with van der Waals surface area (Å²) in [5.74, 6) is -0.203. The lowest BCUT2D eigenvalue weighted by molar-refractivity contribution is -0.469. The normalized spacial score (nSPS) is 17.9. The zero-order valence-electron chi connectivity index (χ0n) is 18.3. The number of amidine groups is 1. The van der Waals surface area contributed by atoms with Crippen molar-refractivity contribution >= 4 is 18.0 Å². The molecule has 180 valence electrons. The highest BCUT2D eigenvalue weighted by Crippen LogP contribution is 2.26. The Balaban J connectivity index is 1.91. The first-order valence-electron chi connectivity index (χ1n) is 9.98. The van der Waals surface area contributed by atoms with E-state index < -0.39 is 18.5 Å². The maximum atomic E-state index is 12.6. The van der Waals surface area contributed by atoms with Crippen LogP contribution in [0.5, 0.6) is 0 Å². The third-order valence-corrected chi connectivity index (χ3v) is 4.65. The highest BCUT2D eigenvalue weighted by molar-refractivity contribution is 6.04. The van der Waals surface area contributed by atoms with Gasteiger partial charge in [0.25, 0.3) is 0 Å². The minimum atomic E-state index is -4.48. The summed E-state index contributed by atoms with van der Waals surface area (Å²) < 4.78 is 37.7. The number of aliphatic hydroxyl groups is 1. The number of piperazine rings is 1. The topological polar surface area (TPSA) is 153 Å². The van der Waals surface area contributed by atoms with Gasteiger partial charge in [0.1, 0.15) is 17.2 Å². The molecule has 1 fully saturated rings. The Hall–Kier alpha value is -3.45. The third-order valence-electron chi connectivity index (χ3n) is 4.65. The van der Waals surface area contributed by atoms with Crippen molar-refractivity contribution in [3.63, 3.8) is 0 Å². The molecule has 0 saturated carbocycles. The molecule has 0 spiro atoms. The summed E-state index contributed by atoms with van der Waals surface area (Å²) in [6.45, 7) is 2.01. The number of carbonyl (C=O) groups is 1. The number of hydrogen-bond acceptors (Lipinski definition) is 7. The van der Waals surface area contributed by atoms with Crippen molar-refractivity contribution < 1.29 is 28.1 Å². The molecule has 33 heavy (non-hydrogen) atoms. The van der Waals surface area contributed by atoms with Crippen molar-refractivity contribution in [2.75, 3.05) is 26.7 Å². The number of aliphatic hydroxyl groups excluding tert-OH is 1. The fourth-order valence-corrected chi connectivity index (χ4v) is 2.88. The Morgan fingerprint density at radius 1 is 1.48 bits per heavy atom. The fraction of sp³-hybridized carbons (Fsp3) is 0.400. The van der Waals surface area contributed by atoms with Crippen LogP contribution in [0.3, 0.4) is 0 Å². The van der Waals surface area contributed by atoms with Crippen LogP contribution in [0.2, 0.25) is 0 Å². The lowest BCUT2D eigenvalue weighted by Crippen LogP contribution is -2.67. The standard InChI is InChI=1S/C20H27F3N8O2/c1-12(29-15(11-32)18-19(25)31(2)10-17(33)30-18)27-9-14(5-24)7-26-6-13-3-4-16(28-8-13)20(21,22)23/h3-5,7-8,12,25,27,29,32H,6,9-11,24H2,1-2H3,(H,30,33)/p+1/b14-5+,18-15+,25-19?,26-7?. The summed E-state index contributed by atoms with van der Waals surface area (Å²) in [5.41, 5.74) is 6.42. The minimum Gasteiger partial charge on any atom is -0.404 e. The van der Waals surface area contributed by atoms with Crippen molar-refractivity contribution in [2.24, 2.45) is 5.73 Å². The Kier molecular flexibility index (Phi) is 8.94. The van der Waals surface area contributed by atoms with Gasteiger partial charge >= 0.3 is 6.18 Å². The zero-order valence-corrected chi connectivity index (χ0v) is 18.3. The predicted molar refractivity (Wildman–Crippen MR) is 115 cm³/mol. The average molecular weight is 469 g/mol. The number of aromatic nitrogens is 1. The largest absolute Gasteiger partial charge is 0.433 e. The van der Waals surface area contributed by atoms with E-state index in [1.54, 1.807) is 20.2 Å². The van der Waals surface area contributed by atoms with Gasteiger partial charge in [-0.05, 0) is 19.1 Å². The van der Waals surface area contributed by atoms with Gasteiger partial charge in [0.15, 0.2) is 12.8 Å². The van der Waals surface area contributed by atoms with Gasteiger partial charge in [0, 0.05) is 37.1 Å². The number of alkyl halides is 3. The van der Waals surface area contributed by atoms with E-state index >= 15 is 0 Å². The maximum absolute atomic E-state index is 12.6. The summed E-state index contributed by atoms with van der Waals surface area (Å²) in [4.78, 5) is 19.6. The number of halogens is 3. The van der Waals surface area contributed by atoms with Gasteiger partial charge in [0.05, 0.1) is 25.0 Å². The molecule has 2 heterocycles. The number of nitrogens with one attached hydrogen (secondary N) is 5. The van der Waals surface area contributed by atoms with Crippen LogP contribution in [0.1, 0.15) is 18.2 Å². The minimum absolute atomic E-state index is 0.0604. The van der Waals surface area contributed by atoms with Crippen LogP contribution >= 0.6 is 0 Å². The molecule has 0 aliphatic carbocycles. The second-order valence-electron chi connectivity index (χ2n) is 7.33. The molecule has 8 N–H and O–H groups in total. The molecule has 1 aromatic rings. The van der Waals surface area contributed by atoms with E-state index in [4.69, 9.17) is 11.1 Å². The molecule has 13 heteroatoms. The van der Waals surface area contributed by atoms with E-state index in [1.165, 1.54) is 17.2 Å². The van der Waals surface area contributed by atoms with Crippen LogP contribution in [0.25, 0.3) is 0 Å². The van der Waals surface area contributed by atoms with Crippen LogP contribution < -0.4 is 26.7 Å². The highest BCUT2D eigenvalue weighted by atomic mass is 19.4. The van der Waals surface area contributed by atoms with Gasteiger partial charge in [-0.2, -0.15) is 13.2 Å². The number of pyridine rings is 1. The van der Waals surface area contributed by atoms with Crippen molar-refractivity contribution in [3.8, 4) is 0 Å². The predicted octanol–water partition coefficient (Wildman–Crippen LogP) is -1.64. The van der Waals surface area contributed by atoms with Crippen LogP contribution in [0.4, 0.5) is 13.2 Å². The van der Waals surface area contributed by atoms with Crippen LogP contribution in [-0.4, -0.2) is 65.9 Å². The maximum Gasteiger partial charge on any atom is 0.433 e. The molecule has 1 aliphatic rings. The highest BCUT2D eigenvalue weighted by Gasteiger charge is 2.32. The first kappa shape index (κ1) is 25.8. The Morgan fingerprint density at radius 3 is 2.79 bits per heavy atom. The number of rotatable bonds is 9. The number of nitrogens with two attached hydrogens (primary N) is 1. The second kappa shape index (κ2) is 11.4. The smallest absolute Gasteiger partial charge is 0.404 e. The van der Waals surface area contributed by atoms with E-state index in [2.05, 4.69) is 25.9 Å². The Morgan fingerprint density at radius 2 is 2.21 bits per heavy atom. The van der Waals surface area contributed by atoms with Gasteiger partial charge in [-0.15, -0.1) is 0 Å². The van der Waals surface area contributed by atoms with Crippen molar-refractivity contribution in [3.05, 3.63) is 52.8 Å². The van der Waals surface area contributed by atoms with E-state index in [9.17, 15) is 23.1 Å². The van der Waals surface area contributed by atoms with Gasteiger partial charge in [-0.3, -0.25) is 20.5 Å². The van der Waals surface area contributed by atoms with E-state index in [-0.39, 0.29) is 42.4 Å². The summed E-state index contributed by atoms with van der Waals surface area (Å²) >= 11 is 0. The van der Waals surface area contributed by atoms with Crippen LogP contribution in [-0.2, 0) is 17.5 Å². The number of nitrogens with zero attached hydrogens (tertiary/aromatic N) is 2. The molecule has 1 atom stereocenters. The van der Waals surface area contributed by atoms with Crippen molar-refractivity contribution in [2.45, 2.75) is 25.8 Å².